The van der Waals surface area contributed by atoms with Crippen molar-refractivity contribution < 1.29 is 9.13 Å². The number of ether oxygens (including phenoxy) is 1. The van der Waals surface area contributed by atoms with Gasteiger partial charge in [0, 0.05) is 18.3 Å². The third-order valence-electron chi connectivity index (χ3n) is 2.57. The largest absolute Gasteiger partial charge is 0.380 e. The summed E-state index contributed by atoms with van der Waals surface area (Å²) in [6.45, 7) is 3.46. The van der Waals surface area contributed by atoms with E-state index in [9.17, 15) is 4.39 Å². The van der Waals surface area contributed by atoms with Crippen LogP contribution in [0.5, 0.6) is 0 Å². The van der Waals surface area contributed by atoms with Crippen molar-refractivity contribution in [2.45, 2.75) is 25.8 Å². The van der Waals surface area contributed by atoms with Gasteiger partial charge in [0.15, 0.2) is 0 Å². The van der Waals surface area contributed by atoms with Crippen molar-refractivity contribution in [3.8, 4) is 0 Å². The van der Waals surface area contributed by atoms with E-state index in [1.54, 1.807) is 0 Å². The van der Waals surface area contributed by atoms with Crippen molar-refractivity contribution in [3.05, 3.63) is 29.6 Å². The Morgan fingerprint density at radius 3 is 2.93 bits per heavy atom. The van der Waals surface area contributed by atoms with Gasteiger partial charge in [-0.1, -0.05) is 0 Å². The Morgan fingerprint density at radius 2 is 2.27 bits per heavy atom. The maximum Gasteiger partial charge on any atom is 0.125 e. The van der Waals surface area contributed by atoms with Crippen LogP contribution in [0.25, 0.3) is 0 Å². The summed E-state index contributed by atoms with van der Waals surface area (Å²) in [6, 6.07) is 5.34. The number of rotatable bonds is 2. The Morgan fingerprint density at radius 1 is 1.40 bits per heavy atom. The van der Waals surface area contributed by atoms with Crippen molar-refractivity contribution in [2.75, 3.05) is 18.5 Å². The Bertz CT molecular complexity index is 314. The average Bonchev–Trinajstić information content (AvgIpc) is 2.17. The van der Waals surface area contributed by atoms with Gasteiger partial charge >= 0.3 is 0 Å². The molecule has 2 nitrogen and oxygen atoms in total. The lowest BCUT2D eigenvalue weighted by Gasteiger charge is -2.24. The van der Waals surface area contributed by atoms with Crippen molar-refractivity contribution >= 4 is 5.69 Å². The molecule has 1 atom stereocenters. The highest BCUT2D eigenvalue weighted by atomic mass is 19.1. The molecule has 1 unspecified atom stereocenters. The van der Waals surface area contributed by atoms with Crippen LogP contribution in [-0.2, 0) is 4.74 Å². The van der Waals surface area contributed by atoms with Gasteiger partial charge in [-0.2, -0.15) is 0 Å². The third-order valence-corrected chi connectivity index (χ3v) is 2.57. The Hall–Kier alpha value is -1.09. The molecule has 1 aromatic rings. The zero-order valence-corrected chi connectivity index (χ0v) is 8.92. The van der Waals surface area contributed by atoms with E-state index in [-0.39, 0.29) is 5.82 Å². The molecule has 1 saturated heterocycles. The predicted molar refractivity (Wildman–Crippen MR) is 58.6 cm³/mol. The molecule has 2 rings (SSSR count). The van der Waals surface area contributed by atoms with Gasteiger partial charge in [-0.3, -0.25) is 0 Å². The quantitative estimate of drug-likeness (QED) is 0.808. The summed E-state index contributed by atoms with van der Waals surface area (Å²) in [4.78, 5) is 0. The first-order valence-electron chi connectivity index (χ1n) is 5.35. The highest BCUT2D eigenvalue weighted by molar-refractivity contribution is 5.46. The molecule has 3 heteroatoms. The van der Waals surface area contributed by atoms with Crippen LogP contribution in [0.15, 0.2) is 18.2 Å². The Kier molecular flexibility index (Phi) is 3.21. The van der Waals surface area contributed by atoms with Gasteiger partial charge in [0.2, 0.25) is 0 Å². The van der Waals surface area contributed by atoms with Gasteiger partial charge < -0.3 is 10.1 Å². The minimum atomic E-state index is -0.186. The SMILES string of the molecule is Cc1cc(F)cc(NC2CCCOC2)c1. The van der Waals surface area contributed by atoms with E-state index in [0.717, 1.165) is 37.3 Å². The minimum Gasteiger partial charge on any atom is -0.380 e. The molecule has 1 aromatic carbocycles. The summed E-state index contributed by atoms with van der Waals surface area (Å²) in [5.41, 5.74) is 1.79. The lowest BCUT2D eigenvalue weighted by molar-refractivity contribution is 0.0876. The van der Waals surface area contributed by atoms with Crippen LogP contribution in [0, 0.1) is 12.7 Å². The zero-order valence-electron chi connectivity index (χ0n) is 8.92. The van der Waals surface area contributed by atoms with Gasteiger partial charge in [0.1, 0.15) is 5.82 Å². The summed E-state index contributed by atoms with van der Waals surface area (Å²) in [7, 11) is 0. The predicted octanol–water partition coefficient (Wildman–Crippen LogP) is 2.73. The number of anilines is 1. The summed E-state index contributed by atoms with van der Waals surface area (Å²) in [6.07, 6.45) is 2.17. The molecule has 0 radical (unpaired) electrons. The minimum absolute atomic E-state index is 0.186. The second-order valence-electron chi connectivity index (χ2n) is 4.08. The first kappa shape index (κ1) is 10.4. The number of halogens is 1. The molecule has 1 heterocycles. The molecule has 0 spiro atoms. The number of hydrogen-bond donors (Lipinski definition) is 1. The van der Waals surface area contributed by atoms with Crippen LogP contribution < -0.4 is 5.32 Å². The van der Waals surface area contributed by atoms with E-state index in [1.165, 1.54) is 12.1 Å². The molecule has 15 heavy (non-hydrogen) atoms. The molecule has 82 valence electrons. The number of hydrogen-bond acceptors (Lipinski definition) is 2. The van der Waals surface area contributed by atoms with Crippen molar-refractivity contribution in [3.63, 3.8) is 0 Å². The van der Waals surface area contributed by atoms with Crippen LogP contribution in [0.4, 0.5) is 10.1 Å². The van der Waals surface area contributed by atoms with Gasteiger partial charge in [-0.15, -0.1) is 0 Å². The van der Waals surface area contributed by atoms with E-state index >= 15 is 0 Å². The van der Waals surface area contributed by atoms with E-state index in [4.69, 9.17) is 4.74 Å². The van der Waals surface area contributed by atoms with E-state index in [2.05, 4.69) is 5.32 Å². The fourth-order valence-electron chi connectivity index (χ4n) is 1.91. The first-order valence-corrected chi connectivity index (χ1v) is 5.35. The molecule has 0 amide bonds. The van der Waals surface area contributed by atoms with Gasteiger partial charge in [0.25, 0.3) is 0 Å². The topological polar surface area (TPSA) is 21.3 Å². The van der Waals surface area contributed by atoms with Crippen LogP contribution in [-0.4, -0.2) is 19.3 Å². The van der Waals surface area contributed by atoms with Crippen molar-refractivity contribution in [1.29, 1.82) is 0 Å². The molecule has 0 saturated carbocycles. The molecule has 1 aliphatic rings. The van der Waals surface area contributed by atoms with E-state index < -0.39 is 0 Å². The van der Waals surface area contributed by atoms with Crippen molar-refractivity contribution in [2.24, 2.45) is 0 Å². The second-order valence-corrected chi connectivity index (χ2v) is 4.08. The van der Waals surface area contributed by atoms with Gasteiger partial charge in [0.05, 0.1) is 6.61 Å². The first-order chi connectivity index (χ1) is 7.24. The summed E-state index contributed by atoms with van der Waals surface area (Å²) >= 11 is 0. The maximum atomic E-state index is 13.1. The number of nitrogens with one attached hydrogen (secondary N) is 1. The maximum absolute atomic E-state index is 13.1. The lowest BCUT2D eigenvalue weighted by Crippen LogP contribution is -2.29. The average molecular weight is 209 g/mol. The Balaban J connectivity index is 2.02. The van der Waals surface area contributed by atoms with Crippen LogP contribution in [0.2, 0.25) is 0 Å². The molecule has 0 aliphatic carbocycles. The molecule has 1 aliphatic heterocycles. The van der Waals surface area contributed by atoms with E-state index in [0.29, 0.717) is 6.04 Å². The molecule has 1 N–H and O–H groups in total. The molecular weight excluding hydrogens is 193 g/mol. The summed E-state index contributed by atoms with van der Waals surface area (Å²) < 4.78 is 18.5. The van der Waals surface area contributed by atoms with Gasteiger partial charge in [-0.05, 0) is 43.5 Å². The summed E-state index contributed by atoms with van der Waals surface area (Å²) in [5.74, 6) is -0.186. The Labute approximate surface area is 89.4 Å². The normalized spacial score (nSPS) is 21.3. The van der Waals surface area contributed by atoms with Crippen LogP contribution in [0.1, 0.15) is 18.4 Å². The van der Waals surface area contributed by atoms with Crippen molar-refractivity contribution in [1.82, 2.24) is 0 Å². The number of aryl methyl sites for hydroxylation is 1. The fourth-order valence-corrected chi connectivity index (χ4v) is 1.91. The molecule has 0 bridgehead atoms. The van der Waals surface area contributed by atoms with Gasteiger partial charge in [-0.25, -0.2) is 4.39 Å². The number of benzene rings is 1. The smallest absolute Gasteiger partial charge is 0.125 e. The zero-order chi connectivity index (χ0) is 10.7. The standard InChI is InChI=1S/C12H16FNO/c1-9-5-10(13)7-12(6-9)14-11-3-2-4-15-8-11/h5-7,11,14H,2-4,8H2,1H3. The van der Waals surface area contributed by atoms with Crippen LogP contribution in [0.3, 0.4) is 0 Å². The van der Waals surface area contributed by atoms with E-state index in [1.807, 2.05) is 13.0 Å². The fraction of sp³-hybridized carbons (Fsp3) is 0.500. The highest BCUT2D eigenvalue weighted by Gasteiger charge is 2.13. The van der Waals surface area contributed by atoms with Crippen LogP contribution >= 0.6 is 0 Å². The monoisotopic (exact) mass is 209 g/mol. The highest BCUT2D eigenvalue weighted by Crippen LogP contribution is 2.17. The molecular formula is C12H16FNO. The molecule has 0 aromatic heterocycles. The second kappa shape index (κ2) is 4.62. The lowest BCUT2D eigenvalue weighted by atomic mass is 10.1. The molecule has 1 fully saturated rings. The third kappa shape index (κ3) is 2.93. The summed E-state index contributed by atoms with van der Waals surface area (Å²) in [5, 5.41) is 3.30.